The van der Waals surface area contributed by atoms with Crippen LogP contribution < -0.4 is 11.1 Å². The molecule has 2 atom stereocenters. The van der Waals surface area contributed by atoms with Crippen molar-refractivity contribution in [2.24, 2.45) is 5.73 Å². The smallest absolute Gasteiger partial charge is 0.141 e. The van der Waals surface area contributed by atoms with Crippen molar-refractivity contribution in [3.63, 3.8) is 0 Å². The van der Waals surface area contributed by atoms with Crippen LogP contribution in [0.3, 0.4) is 0 Å². The molecule has 4 heteroatoms. The van der Waals surface area contributed by atoms with Gasteiger partial charge >= 0.3 is 0 Å². The van der Waals surface area contributed by atoms with Gasteiger partial charge in [-0.15, -0.1) is 0 Å². The van der Waals surface area contributed by atoms with Gasteiger partial charge in [0.15, 0.2) is 0 Å². The van der Waals surface area contributed by atoms with Crippen molar-refractivity contribution < 1.29 is 4.39 Å². The third-order valence-electron chi connectivity index (χ3n) is 3.05. The standard InChI is InChI=1S/C12H16ClFN2/c13-11-5-8(1-4-12(11)14)7-16-10-3-2-9(15)6-10/h1,4-5,9-10,16H,2-3,6-7,15H2. The van der Waals surface area contributed by atoms with E-state index in [0.717, 1.165) is 31.4 Å². The first-order valence-electron chi connectivity index (χ1n) is 5.58. The summed E-state index contributed by atoms with van der Waals surface area (Å²) in [6.45, 7) is 0.720. The summed E-state index contributed by atoms with van der Waals surface area (Å²) < 4.78 is 12.9. The molecule has 88 valence electrons. The summed E-state index contributed by atoms with van der Waals surface area (Å²) in [6.07, 6.45) is 3.23. The van der Waals surface area contributed by atoms with Gasteiger partial charge in [-0.3, -0.25) is 0 Å². The van der Waals surface area contributed by atoms with Crippen LogP contribution in [-0.4, -0.2) is 12.1 Å². The van der Waals surface area contributed by atoms with Crippen molar-refractivity contribution in [2.45, 2.75) is 37.9 Å². The van der Waals surface area contributed by atoms with E-state index >= 15 is 0 Å². The predicted molar refractivity (Wildman–Crippen MR) is 63.9 cm³/mol. The van der Waals surface area contributed by atoms with Gasteiger partial charge in [-0.05, 0) is 37.0 Å². The largest absolute Gasteiger partial charge is 0.328 e. The minimum Gasteiger partial charge on any atom is -0.328 e. The molecule has 2 nitrogen and oxygen atoms in total. The van der Waals surface area contributed by atoms with Crippen LogP contribution in [0.1, 0.15) is 24.8 Å². The zero-order valence-corrected chi connectivity index (χ0v) is 9.80. The molecule has 1 aromatic rings. The van der Waals surface area contributed by atoms with Crippen molar-refractivity contribution in [3.8, 4) is 0 Å². The Morgan fingerprint density at radius 1 is 1.44 bits per heavy atom. The summed E-state index contributed by atoms with van der Waals surface area (Å²) in [5.74, 6) is -0.367. The maximum atomic E-state index is 12.9. The highest BCUT2D eigenvalue weighted by Gasteiger charge is 2.20. The second kappa shape index (κ2) is 5.13. The number of halogens is 2. The summed E-state index contributed by atoms with van der Waals surface area (Å²) >= 11 is 5.71. The van der Waals surface area contributed by atoms with Gasteiger partial charge in [0.05, 0.1) is 5.02 Å². The van der Waals surface area contributed by atoms with E-state index in [1.807, 2.05) is 0 Å². The Balaban J connectivity index is 1.87. The quantitative estimate of drug-likeness (QED) is 0.855. The fraction of sp³-hybridized carbons (Fsp3) is 0.500. The Morgan fingerprint density at radius 3 is 2.88 bits per heavy atom. The highest BCUT2D eigenvalue weighted by atomic mass is 35.5. The van der Waals surface area contributed by atoms with Crippen molar-refractivity contribution >= 4 is 11.6 Å². The van der Waals surface area contributed by atoms with E-state index in [4.69, 9.17) is 17.3 Å². The first-order chi connectivity index (χ1) is 7.65. The fourth-order valence-electron chi connectivity index (χ4n) is 2.11. The monoisotopic (exact) mass is 242 g/mol. The number of hydrogen-bond acceptors (Lipinski definition) is 2. The van der Waals surface area contributed by atoms with E-state index in [2.05, 4.69) is 5.32 Å². The molecule has 0 heterocycles. The topological polar surface area (TPSA) is 38.0 Å². The zero-order chi connectivity index (χ0) is 11.5. The van der Waals surface area contributed by atoms with E-state index < -0.39 is 0 Å². The van der Waals surface area contributed by atoms with E-state index in [1.54, 1.807) is 12.1 Å². The molecular weight excluding hydrogens is 227 g/mol. The molecule has 0 amide bonds. The first-order valence-corrected chi connectivity index (χ1v) is 5.96. The third-order valence-corrected chi connectivity index (χ3v) is 3.34. The van der Waals surface area contributed by atoms with Gasteiger partial charge in [-0.25, -0.2) is 4.39 Å². The maximum Gasteiger partial charge on any atom is 0.141 e. The lowest BCUT2D eigenvalue weighted by Crippen LogP contribution is -2.27. The van der Waals surface area contributed by atoms with Gasteiger partial charge in [0.25, 0.3) is 0 Å². The first kappa shape index (κ1) is 11.8. The van der Waals surface area contributed by atoms with Crippen molar-refractivity contribution in [3.05, 3.63) is 34.6 Å². The van der Waals surface area contributed by atoms with Crippen LogP contribution in [0.15, 0.2) is 18.2 Å². The average molecular weight is 243 g/mol. The molecule has 1 aliphatic rings. The molecule has 3 N–H and O–H groups in total. The van der Waals surface area contributed by atoms with Crippen LogP contribution >= 0.6 is 11.6 Å². The molecule has 1 fully saturated rings. The summed E-state index contributed by atoms with van der Waals surface area (Å²) in [5.41, 5.74) is 6.83. The lowest BCUT2D eigenvalue weighted by atomic mass is 10.2. The van der Waals surface area contributed by atoms with E-state index in [1.165, 1.54) is 6.07 Å². The number of hydrogen-bond donors (Lipinski definition) is 2. The van der Waals surface area contributed by atoms with Gasteiger partial charge < -0.3 is 11.1 Å². The second-order valence-corrected chi connectivity index (χ2v) is 4.81. The van der Waals surface area contributed by atoms with Gasteiger partial charge in [-0.2, -0.15) is 0 Å². The lowest BCUT2D eigenvalue weighted by molar-refractivity contribution is 0.516. The SMILES string of the molecule is NC1CCC(NCc2ccc(F)c(Cl)c2)C1. The fourth-order valence-corrected chi connectivity index (χ4v) is 2.32. The van der Waals surface area contributed by atoms with Crippen LogP contribution in [-0.2, 0) is 6.54 Å². The van der Waals surface area contributed by atoms with E-state index in [9.17, 15) is 4.39 Å². The minimum absolute atomic E-state index is 0.183. The van der Waals surface area contributed by atoms with Crippen LogP contribution in [0, 0.1) is 5.82 Å². The molecule has 0 spiro atoms. The van der Waals surface area contributed by atoms with Crippen molar-refractivity contribution in [1.29, 1.82) is 0 Å². The molecule has 1 aromatic carbocycles. The van der Waals surface area contributed by atoms with E-state index in [-0.39, 0.29) is 10.8 Å². The van der Waals surface area contributed by atoms with E-state index in [0.29, 0.717) is 12.1 Å². The molecule has 16 heavy (non-hydrogen) atoms. The second-order valence-electron chi connectivity index (χ2n) is 4.40. The van der Waals surface area contributed by atoms with Crippen LogP contribution in [0.2, 0.25) is 5.02 Å². The van der Waals surface area contributed by atoms with Gasteiger partial charge in [0.2, 0.25) is 0 Å². The molecule has 2 unspecified atom stereocenters. The average Bonchev–Trinajstić information content (AvgIpc) is 2.66. The van der Waals surface area contributed by atoms with Crippen LogP contribution in [0.4, 0.5) is 4.39 Å². The maximum absolute atomic E-state index is 12.9. The molecule has 0 aliphatic heterocycles. The molecule has 1 saturated carbocycles. The highest BCUT2D eigenvalue weighted by molar-refractivity contribution is 6.30. The van der Waals surface area contributed by atoms with Crippen molar-refractivity contribution in [1.82, 2.24) is 5.32 Å². The van der Waals surface area contributed by atoms with Gasteiger partial charge in [-0.1, -0.05) is 17.7 Å². The summed E-state index contributed by atoms with van der Waals surface area (Å²) in [5, 5.41) is 3.60. The molecular formula is C12H16ClFN2. The molecule has 0 aromatic heterocycles. The molecule has 2 rings (SSSR count). The number of nitrogens with two attached hydrogens (primary N) is 1. The summed E-state index contributed by atoms with van der Waals surface area (Å²) in [6, 6.07) is 5.63. The molecule has 0 saturated heterocycles. The minimum atomic E-state index is -0.367. The van der Waals surface area contributed by atoms with Crippen molar-refractivity contribution in [2.75, 3.05) is 0 Å². The molecule has 1 aliphatic carbocycles. The number of benzene rings is 1. The number of rotatable bonds is 3. The summed E-state index contributed by atoms with van der Waals surface area (Å²) in [4.78, 5) is 0. The normalized spacial score (nSPS) is 24.9. The van der Waals surface area contributed by atoms with Gasteiger partial charge in [0, 0.05) is 18.6 Å². The predicted octanol–water partition coefficient (Wildman–Crippen LogP) is 2.45. The van der Waals surface area contributed by atoms with Crippen LogP contribution in [0.5, 0.6) is 0 Å². The van der Waals surface area contributed by atoms with Gasteiger partial charge in [0.1, 0.15) is 5.82 Å². The molecule has 0 bridgehead atoms. The number of nitrogens with one attached hydrogen (secondary N) is 1. The third kappa shape index (κ3) is 2.94. The Bertz CT molecular complexity index is 370. The Morgan fingerprint density at radius 2 is 2.25 bits per heavy atom. The zero-order valence-electron chi connectivity index (χ0n) is 9.05. The lowest BCUT2D eigenvalue weighted by Gasteiger charge is -2.12. The molecule has 0 radical (unpaired) electrons. The Labute approximate surface area is 100.0 Å². The summed E-state index contributed by atoms with van der Waals surface area (Å²) in [7, 11) is 0. The van der Waals surface area contributed by atoms with Crippen LogP contribution in [0.25, 0.3) is 0 Å². The Kier molecular flexibility index (Phi) is 3.79. The highest BCUT2D eigenvalue weighted by Crippen LogP contribution is 2.19. The Hall–Kier alpha value is -0.640.